The van der Waals surface area contributed by atoms with Crippen molar-refractivity contribution in [2.24, 2.45) is 17.8 Å². The first-order valence-corrected chi connectivity index (χ1v) is 11.2. The Hall–Kier alpha value is -2.67. The number of hydrogen-bond donors (Lipinski definition) is 1. The minimum Gasteiger partial charge on any atom is -0.490 e. The molecule has 1 aromatic carbocycles. The van der Waals surface area contributed by atoms with Crippen molar-refractivity contribution in [1.29, 1.82) is 0 Å². The van der Waals surface area contributed by atoms with Gasteiger partial charge in [0.1, 0.15) is 12.4 Å². The van der Waals surface area contributed by atoms with Gasteiger partial charge in [-0.25, -0.2) is 0 Å². The van der Waals surface area contributed by atoms with E-state index in [1.165, 1.54) is 7.11 Å². The summed E-state index contributed by atoms with van der Waals surface area (Å²) in [5.41, 5.74) is 1.01. The van der Waals surface area contributed by atoms with E-state index in [0.29, 0.717) is 19.4 Å². The highest BCUT2D eigenvalue weighted by Crippen LogP contribution is 2.18. The molecule has 1 N–H and O–H groups in total. The maximum absolute atomic E-state index is 13.1. The fourth-order valence-corrected chi connectivity index (χ4v) is 3.55. The molecule has 2 aliphatic heterocycles. The minimum atomic E-state index is -0.724. The Bertz CT molecular complexity index is 786. The molecule has 0 saturated carbocycles. The first-order chi connectivity index (χ1) is 15.3. The summed E-state index contributed by atoms with van der Waals surface area (Å²) >= 11 is 0. The second-order valence-electron chi connectivity index (χ2n) is 8.65. The van der Waals surface area contributed by atoms with E-state index in [4.69, 9.17) is 14.2 Å². The standard InChI is InChI=1S/C25H35NO6/c1-17(2)13-22-23(27)15-20(25(29)30-4)16-31-11-5-6-12-32-21-9-7-19(8-10-21)14-18(3)24(28)26-22/h5-10,17-18,20,22H,11-16H2,1-4H3,(H,26,28)/t18-,20-,22-/m0/s1. The number of ether oxygens (including phenoxy) is 3. The van der Waals surface area contributed by atoms with Gasteiger partial charge in [-0.3, -0.25) is 14.4 Å². The van der Waals surface area contributed by atoms with Gasteiger partial charge in [-0.1, -0.05) is 39.0 Å². The Kier molecular flexibility index (Phi) is 10.4. The lowest BCUT2D eigenvalue weighted by atomic mass is 9.92. The predicted molar refractivity (Wildman–Crippen MR) is 121 cm³/mol. The average Bonchev–Trinajstić information content (AvgIpc) is 2.76. The van der Waals surface area contributed by atoms with Gasteiger partial charge in [-0.15, -0.1) is 0 Å². The average molecular weight is 446 g/mol. The van der Waals surface area contributed by atoms with Gasteiger partial charge in [0.05, 0.1) is 32.3 Å². The van der Waals surface area contributed by atoms with Crippen LogP contribution in [0.5, 0.6) is 5.75 Å². The van der Waals surface area contributed by atoms with Crippen molar-refractivity contribution >= 4 is 17.7 Å². The van der Waals surface area contributed by atoms with Gasteiger partial charge in [0.15, 0.2) is 5.78 Å². The second kappa shape index (κ2) is 13.0. The summed E-state index contributed by atoms with van der Waals surface area (Å²) in [6.07, 6.45) is 4.65. The Morgan fingerprint density at radius 3 is 2.47 bits per heavy atom. The number of ketones is 1. The SMILES string of the molecule is COC(=O)[C@@H]1COCC=CCOc2ccc(cc2)C[C@H](C)C(=O)N[C@@H](CC(C)C)C(=O)C1. The van der Waals surface area contributed by atoms with Gasteiger partial charge in [0.25, 0.3) is 0 Å². The molecule has 2 bridgehead atoms. The van der Waals surface area contributed by atoms with Crippen molar-refractivity contribution in [1.82, 2.24) is 5.32 Å². The lowest BCUT2D eigenvalue weighted by Gasteiger charge is -2.23. The van der Waals surface area contributed by atoms with E-state index in [-0.39, 0.29) is 43.2 Å². The molecule has 176 valence electrons. The number of amides is 1. The Labute approximate surface area is 190 Å². The van der Waals surface area contributed by atoms with E-state index in [2.05, 4.69) is 5.32 Å². The van der Waals surface area contributed by atoms with Crippen LogP contribution in [0.1, 0.15) is 39.2 Å². The molecular weight excluding hydrogens is 410 g/mol. The number of esters is 1. The third-order valence-corrected chi connectivity index (χ3v) is 5.35. The molecule has 0 spiro atoms. The van der Waals surface area contributed by atoms with Crippen LogP contribution in [0.2, 0.25) is 0 Å². The van der Waals surface area contributed by atoms with E-state index < -0.39 is 17.9 Å². The van der Waals surface area contributed by atoms with Crippen LogP contribution in [0.15, 0.2) is 36.4 Å². The van der Waals surface area contributed by atoms with E-state index in [9.17, 15) is 14.4 Å². The van der Waals surface area contributed by atoms with Gasteiger partial charge in [-0.05, 0) is 42.5 Å². The first kappa shape index (κ1) is 25.6. The van der Waals surface area contributed by atoms with Gasteiger partial charge in [-0.2, -0.15) is 0 Å². The van der Waals surface area contributed by atoms with Crippen molar-refractivity contribution in [2.75, 3.05) is 26.9 Å². The molecule has 7 nitrogen and oxygen atoms in total. The number of fused-ring (bicyclic) bond motifs is 15. The summed E-state index contributed by atoms with van der Waals surface area (Å²) in [6, 6.07) is 6.99. The van der Waals surface area contributed by atoms with Crippen molar-refractivity contribution < 1.29 is 28.6 Å². The summed E-state index contributed by atoms with van der Waals surface area (Å²) in [5, 5.41) is 2.91. The summed E-state index contributed by atoms with van der Waals surface area (Å²) in [6.45, 7) is 6.56. The fraction of sp³-hybridized carbons (Fsp3) is 0.560. The van der Waals surface area contributed by atoms with Crippen molar-refractivity contribution in [3.05, 3.63) is 42.0 Å². The van der Waals surface area contributed by atoms with Gasteiger partial charge in [0, 0.05) is 12.3 Å². The summed E-state index contributed by atoms with van der Waals surface area (Å²) in [7, 11) is 1.29. The zero-order chi connectivity index (χ0) is 23.5. The smallest absolute Gasteiger partial charge is 0.311 e. The molecular formula is C25H35NO6. The topological polar surface area (TPSA) is 90.9 Å². The molecule has 32 heavy (non-hydrogen) atoms. The summed E-state index contributed by atoms with van der Waals surface area (Å²) < 4.78 is 16.1. The lowest BCUT2D eigenvalue weighted by Crippen LogP contribution is -2.45. The van der Waals surface area contributed by atoms with Crippen LogP contribution in [0, 0.1) is 17.8 Å². The fourth-order valence-electron chi connectivity index (χ4n) is 3.55. The molecule has 0 unspecified atom stereocenters. The molecule has 0 saturated heterocycles. The van der Waals surface area contributed by atoms with Gasteiger partial charge in [0.2, 0.25) is 5.91 Å². The number of Topliss-reactive ketones (excluding diaryl/α,β-unsaturated/α-hetero) is 1. The highest BCUT2D eigenvalue weighted by molar-refractivity contribution is 5.92. The molecule has 0 aliphatic carbocycles. The molecule has 0 aromatic heterocycles. The largest absolute Gasteiger partial charge is 0.490 e. The zero-order valence-electron chi connectivity index (χ0n) is 19.5. The molecule has 3 atom stereocenters. The number of hydrogen-bond acceptors (Lipinski definition) is 6. The normalized spacial score (nSPS) is 23.6. The molecule has 1 aromatic rings. The summed E-state index contributed by atoms with van der Waals surface area (Å²) in [4.78, 5) is 38.1. The highest BCUT2D eigenvalue weighted by Gasteiger charge is 2.30. The molecule has 3 rings (SSSR count). The molecule has 2 aliphatic rings. The molecule has 7 heteroatoms. The van der Waals surface area contributed by atoms with Gasteiger partial charge >= 0.3 is 5.97 Å². The first-order valence-electron chi connectivity index (χ1n) is 11.2. The van der Waals surface area contributed by atoms with E-state index >= 15 is 0 Å². The van der Waals surface area contributed by atoms with Crippen LogP contribution in [0.3, 0.4) is 0 Å². The Morgan fingerprint density at radius 2 is 1.81 bits per heavy atom. The Balaban J connectivity index is 2.22. The molecule has 1 amide bonds. The van der Waals surface area contributed by atoms with Gasteiger partial charge < -0.3 is 19.5 Å². The van der Waals surface area contributed by atoms with Crippen molar-refractivity contribution in [2.45, 2.75) is 46.1 Å². The lowest BCUT2D eigenvalue weighted by molar-refractivity contribution is -0.149. The number of nitrogens with one attached hydrogen (secondary N) is 1. The number of carbonyl (C=O) groups is 3. The predicted octanol–water partition coefficient (Wildman–Crippen LogP) is 3.11. The van der Waals surface area contributed by atoms with Crippen molar-refractivity contribution in [3.8, 4) is 5.75 Å². The van der Waals surface area contributed by atoms with Crippen LogP contribution < -0.4 is 10.1 Å². The monoisotopic (exact) mass is 445 g/mol. The molecule has 0 fully saturated rings. The van der Waals surface area contributed by atoms with Crippen LogP contribution in [-0.2, 0) is 30.3 Å². The third kappa shape index (κ3) is 8.46. The second-order valence-corrected chi connectivity index (χ2v) is 8.65. The molecule has 0 radical (unpaired) electrons. The van der Waals surface area contributed by atoms with E-state index in [1.807, 2.05) is 57.2 Å². The van der Waals surface area contributed by atoms with Crippen LogP contribution in [-0.4, -0.2) is 50.6 Å². The number of methoxy groups -OCH3 is 1. The van der Waals surface area contributed by atoms with Crippen LogP contribution >= 0.6 is 0 Å². The van der Waals surface area contributed by atoms with Crippen LogP contribution in [0.25, 0.3) is 0 Å². The number of benzene rings is 1. The highest BCUT2D eigenvalue weighted by atomic mass is 16.5. The Morgan fingerprint density at radius 1 is 1.12 bits per heavy atom. The van der Waals surface area contributed by atoms with E-state index in [1.54, 1.807) is 0 Å². The minimum absolute atomic E-state index is 0.0489. The van der Waals surface area contributed by atoms with Crippen LogP contribution in [0.4, 0.5) is 0 Å². The van der Waals surface area contributed by atoms with E-state index in [0.717, 1.165) is 11.3 Å². The summed E-state index contributed by atoms with van der Waals surface area (Å²) in [5.74, 6) is -0.968. The molecule has 2 heterocycles. The maximum Gasteiger partial charge on any atom is 0.311 e. The number of carbonyl (C=O) groups excluding carboxylic acids is 3. The third-order valence-electron chi connectivity index (χ3n) is 5.35. The zero-order valence-corrected chi connectivity index (χ0v) is 19.5. The van der Waals surface area contributed by atoms with Crippen molar-refractivity contribution in [3.63, 3.8) is 0 Å². The number of rotatable bonds is 3. The quantitative estimate of drug-likeness (QED) is 0.568. The maximum atomic E-state index is 13.1.